The van der Waals surface area contributed by atoms with Gasteiger partial charge in [0.2, 0.25) is 0 Å². The van der Waals surface area contributed by atoms with E-state index in [0.29, 0.717) is 26.2 Å². The first-order valence-corrected chi connectivity index (χ1v) is 9.06. The Balaban J connectivity index is 1.82. The van der Waals surface area contributed by atoms with Gasteiger partial charge in [-0.1, -0.05) is 5.57 Å². The van der Waals surface area contributed by atoms with Crippen LogP contribution in [-0.4, -0.2) is 45.3 Å². The molecule has 0 amide bonds. The van der Waals surface area contributed by atoms with Crippen molar-refractivity contribution in [3.63, 3.8) is 0 Å². The Kier molecular flexibility index (Phi) is 8.44. The molecule has 1 heterocycles. The van der Waals surface area contributed by atoms with E-state index in [-0.39, 0.29) is 5.97 Å². The van der Waals surface area contributed by atoms with Gasteiger partial charge in [-0.25, -0.2) is 4.79 Å². The van der Waals surface area contributed by atoms with Crippen LogP contribution in [-0.2, 0) is 19.0 Å². The van der Waals surface area contributed by atoms with Gasteiger partial charge in [-0.3, -0.25) is 0 Å². The van der Waals surface area contributed by atoms with Crippen LogP contribution in [0.2, 0.25) is 0 Å². The minimum Gasteiger partial charge on any atom is -0.497 e. The summed E-state index contributed by atoms with van der Waals surface area (Å²) in [7, 11) is 1.64. The predicted molar refractivity (Wildman–Crippen MR) is 97.3 cm³/mol. The molecule has 0 spiro atoms. The van der Waals surface area contributed by atoms with Gasteiger partial charge in [-0.2, -0.15) is 0 Å². The number of rotatable bonds is 10. The molecule has 0 N–H and O–H groups in total. The van der Waals surface area contributed by atoms with Crippen LogP contribution >= 0.6 is 0 Å². The van der Waals surface area contributed by atoms with E-state index < -0.39 is 12.4 Å². The minimum atomic E-state index is -0.603. The highest BCUT2D eigenvalue weighted by Gasteiger charge is 2.29. The van der Waals surface area contributed by atoms with Gasteiger partial charge in [-0.15, -0.1) is 0 Å². The summed E-state index contributed by atoms with van der Waals surface area (Å²) >= 11 is 0. The fourth-order valence-corrected chi connectivity index (χ4v) is 2.72. The number of carbonyl (C=O) groups is 1. The van der Waals surface area contributed by atoms with Crippen molar-refractivity contribution in [3.8, 4) is 11.5 Å². The van der Waals surface area contributed by atoms with Crippen molar-refractivity contribution in [2.24, 2.45) is 0 Å². The third kappa shape index (κ3) is 6.35. The molecule has 1 unspecified atom stereocenters. The highest BCUT2D eigenvalue weighted by atomic mass is 16.7. The van der Waals surface area contributed by atoms with Crippen molar-refractivity contribution in [2.75, 3.05) is 26.9 Å². The predicted octanol–water partition coefficient (Wildman–Crippen LogP) is 3.50. The molecular formula is C20H28O6. The Morgan fingerprint density at radius 2 is 1.88 bits per heavy atom. The van der Waals surface area contributed by atoms with Gasteiger partial charge in [0.25, 0.3) is 0 Å². The molecule has 144 valence electrons. The Labute approximate surface area is 155 Å². The second kappa shape index (κ2) is 10.8. The van der Waals surface area contributed by atoms with Crippen LogP contribution in [0.4, 0.5) is 0 Å². The van der Waals surface area contributed by atoms with E-state index in [9.17, 15) is 4.79 Å². The maximum Gasteiger partial charge on any atom is 0.335 e. The minimum absolute atomic E-state index is 0.336. The molecule has 26 heavy (non-hydrogen) atoms. The average molecular weight is 364 g/mol. The fourth-order valence-electron chi connectivity index (χ4n) is 2.72. The number of ether oxygens (including phenoxy) is 5. The van der Waals surface area contributed by atoms with Crippen molar-refractivity contribution >= 4 is 5.97 Å². The van der Waals surface area contributed by atoms with Gasteiger partial charge < -0.3 is 23.7 Å². The van der Waals surface area contributed by atoms with Crippen molar-refractivity contribution in [2.45, 2.75) is 45.5 Å². The van der Waals surface area contributed by atoms with Gasteiger partial charge >= 0.3 is 5.97 Å². The molecule has 0 saturated heterocycles. The molecule has 1 aliphatic rings. The van der Waals surface area contributed by atoms with Crippen LogP contribution in [0.3, 0.4) is 0 Å². The third-order valence-corrected chi connectivity index (χ3v) is 3.97. The van der Waals surface area contributed by atoms with Crippen molar-refractivity contribution < 1.29 is 28.5 Å². The Morgan fingerprint density at radius 3 is 2.54 bits per heavy atom. The van der Waals surface area contributed by atoms with Crippen LogP contribution in [0.25, 0.3) is 0 Å². The Hall–Kier alpha value is -2.05. The highest BCUT2D eigenvalue weighted by molar-refractivity contribution is 5.75. The normalized spacial score (nSPS) is 19.6. The number of carbonyl (C=O) groups excluding carboxylic acids is 1. The topological polar surface area (TPSA) is 63.2 Å². The van der Waals surface area contributed by atoms with Crippen molar-refractivity contribution in [1.29, 1.82) is 0 Å². The summed E-state index contributed by atoms with van der Waals surface area (Å²) < 4.78 is 27.1. The van der Waals surface area contributed by atoms with Crippen LogP contribution in [0.5, 0.6) is 11.5 Å². The van der Waals surface area contributed by atoms with E-state index in [0.717, 1.165) is 29.9 Å². The van der Waals surface area contributed by atoms with Gasteiger partial charge in [0.05, 0.1) is 20.3 Å². The van der Waals surface area contributed by atoms with E-state index in [1.165, 1.54) is 0 Å². The molecule has 0 fully saturated rings. The van der Waals surface area contributed by atoms with E-state index in [1.807, 2.05) is 37.3 Å². The second-order valence-corrected chi connectivity index (χ2v) is 5.86. The summed E-state index contributed by atoms with van der Waals surface area (Å²) in [6, 6.07) is 7.50. The molecule has 1 aromatic carbocycles. The number of hydrogen-bond donors (Lipinski definition) is 0. The van der Waals surface area contributed by atoms with Gasteiger partial charge in [0, 0.05) is 13.0 Å². The molecule has 1 aromatic rings. The van der Waals surface area contributed by atoms with Gasteiger partial charge in [-0.05, 0) is 57.0 Å². The first kappa shape index (κ1) is 20.3. The molecule has 0 saturated carbocycles. The van der Waals surface area contributed by atoms with E-state index in [4.69, 9.17) is 23.7 Å². The summed E-state index contributed by atoms with van der Waals surface area (Å²) in [6.07, 6.45) is 3.04. The number of esters is 1. The lowest BCUT2D eigenvalue weighted by molar-refractivity contribution is -0.183. The lowest BCUT2D eigenvalue weighted by atomic mass is 10.0. The first-order chi connectivity index (χ1) is 12.7. The number of benzene rings is 1. The summed E-state index contributed by atoms with van der Waals surface area (Å²) in [6.45, 7) is 5.13. The summed E-state index contributed by atoms with van der Waals surface area (Å²) in [4.78, 5) is 12.0. The molecule has 0 bridgehead atoms. The van der Waals surface area contributed by atoms with Gasteiger partial charge in [0.15, 0.2) is 12.4 Å². The zero-order valence-corrected chi connectivity index (χ0v) is 15.7. The van der Waals surface area contributed by atoms with Crippen molar-refractivity contribution in [3.05, 3.63) is 35.9 Å². The summed E-state index contributed by atoms with van der Waals surface area (Å²) in [5.74, 6) is 1.28. The monoisotopic (exact) mass is 364 g/mol. The molecule has 2 atom stereocenters. The number of methoxy groups -OCH3 is 1. The van der Waals surface area contributed by atoms with Crippen LogP contribution < -0.4 is 9.47 Å². The summed E-state index contributed by atoms with van der Waals surface area (Å²) in [5, 5.41) is 0. The van der Waals surface area contributed by atoms with Gasteiger partial charge in [0.1, 0.15) is 11.5 Å². The third-order valence-electron chi connectivity index (χ3n) is 3.97. The van der Waals surface area contributed by atoms with Crippen LogP contribution in [0, 0.1) is 0 Å². The zero-order chi connectivity index (χ0) is 18.8. The van der Waals surface area contributed by atoms with Crippen molar-refractivity contribution in [1.82, 2.24) is 0 Å². The molecule has 6 heteroatoms. The maximum atomic E-state index is 12.0. The molecule has 0 aliphatic carbocycles. The molecule has 2 rings (SSSR count). The van der Waals surface area contributed by atoms with Crippen LogP contribution in [0.1, 0.15) is 33.1 Å². The molecule has 6 nitrogen and oxygen atoms in total. The average Bonchev–Trinajstić information content (AvgIpc) is 2.66. The summed E-state index contributed by atoms with van der Waals surface area (Å²) in [5.41, 5.74) is 1.13. The largest absolute Gasteiger partial charge is 0.497 e. The molecule has 1 aliphatic heterocycles. The Bertz CT molecular complexity index is 580. The fraction of sp³-hybridized carbons (Fsp3) is 0.550. The lowest BCUT2D eigenvalue weighted by Gasteiger charge is -2.28. The zero-order valence-electron chi connectivity index (χ0n) is 15.7. The second-order valence-electron chi connectivity index (χ2n) is 5.86. The standard InChI is InChI=1S/C20H28O6/c1-4-23-19-14-15(13-18(26-19)20(21)24-5-2)7-6-12-25-17-10-8-16(22-3)9-11-17/h8-11,14,18-19H,4-7,12-13H2,1-3H3/t18-,19?/m0/s1. The molecule has 0 radical (unpaired) electrons. The maximum absolute atomic E-state index is 12.0. The van der Waals surface area contributed by atoms with E-state index >= 15 is 0 Å². The van der Waals surface area contributed by atoms with E-state index in [1.54, 1.807) is 14.0 Å². The lowest BCUT2D eigenvalue weighted by Crippen LogP contribution is -2.35. The number of hydrogen-bond acceptors (Lipinski definition) is 6. The molecular weight excluding hydrogens is 336 g/mol. The smallest absolute Gasteiger partial charge is 0.335 e. The highest BCUT2D eigenvalue weighted by Crippen LogP contribution is 2.25. The molecule has 0 aromatic heterocycles. The first-order valence-electron chi connectivity index (χ1n) is 9.06. The Morgan fingerprint density at radius 1 is 1.15 bits per heavy atom. The van der Waals surface area contributed by atoms with Crippen LogP contribution in [0.15, 0.2) is 35.9 Å². The SMILES string of the molecule is CCOC(=O)[C@@H]1CC(CCCOc2ccc(OC)cc2)=CC(OCC)O1. The quantitative estimate of drug-likeness (QED) is 0.360. The van der Waals surface area contributed by atoms with E-state index in [2.05, 4.69) is 0 Å².